The summed E-state index contributed by atoms with van der Waals surface area (Å²) in [5.41, 5.74) is 0. The summed E-state index contributed by atoms with van der Waals surface area (Å²) in [5.74, 6) is 0. The maximum absolute atomic E-state index is 2.34. The van der Waals surface area contributed by atoms with Crippen LogP contribution in [0.15, 0.2) is 0 Å². The molecule has 0 heterocycles. The minimum absolute atomic E-state index is 0. The number of rotatable bonds is 6. The van der Waals surface area contributed by atoms with Gasteiger partial charge in [-0.1, -0.05) is 0 Å². The summed E-state index contributed by atoms with van der Waals surface area (Å²) in [5, 5.41) is 9.12. The van der Waals surface area contributed by atoms with Gasteiger partial charge in [0.2, 0.25) is 0 Å². The van der Waals surface area contributed by atoms with E-state index in [0.29, 0.717) is 0 Å². The van der Waals surface area contributed by atoms with Crippen LogP contribution in [-0.4, -0.2) is 28.7 Å². The molecule has 1 atom stereocenters. The Morgan fingerprint density at radius 3 is 0.600 bits per heavy atom. The van der Waals surface area contributed by atoms with Crippen LogP contribution in [0.5, 0.6) is 0 Å². The van der Waals surface area contributed by atoms with Crippen molar-refractivity contribution in [3.63, 3.8) is 0 Å². The summed E-state index contributed by atoms with van der Waals surface area (Å²) in [6.07, 6.45) is 0. The van der Waals surface area contributed by atoms with Crippen LogP contribution in [0.3, 0.4) is 0 Å². The molecule has 3 heteroatoms. The Balaban J connectivity index is -0.000000180. The third-order valence-corrected chi connectivity index (χ3v) is 15.6. The minimum atomic E-state index is -0.403. The van der Waals surface area contributed by atoms with Gasteiger partial charge >= 0.3 is 102 Å². The maximum atomic E-state index is 2.34. The molecule has 94 valence electrons. The van der Waals surface area contributed by atoms with Crippen LogP contribution in [0.25, 0.3) is 0 Å². The summed E-state index contributed by atoms with van der Waals surface area (Å²) in [4.78, 5) is 0. The second-order valence-corrected chi connectivity index (χ2v) is 18.8. The van der Waals surface area contributed by atoms with E-state index in [1.807, 2.05) is 0 Å². The Morgan fingerprint density at radius 2 is 0.600 bits per heavy atom. The van der Waals surface area contributed by atoms with E-state index in [1.54, 1.807) is 0 Å². The van der Waals surface area contributed by atoms with Crippen LogP contribution in [-0.2, 0) is 0 Å². The average Bonchev–Trinajstić information content (AvgIpc) is 2.24. The van der Waals surface area contributed by atoms with Gasteiger partial charge in [-0.3, -0.25) is 0 Å². The first-order chi connectivity index (χ1) is 6.69. The molecule has 0 aromatic rings. The summed E-state index contributed by atoms with van der Waals surface area (Å²) >= 11 is -0.806. The van der Waals surface area contributed by atoms with Crippen LogP contribution < -0.4 is 0 Å². The van der Waals surface area contributed by atoms with Gasteiger partial charge in [-0.2, -0.15) is 9.90 Å². The van der Waals surface area contributed by atoms with Crippen molar-refractivity contribution in [1.82, 2.24) is 0 Å². The largest absolute Gasteiger partial charge is 0.153 e. The molecule has 0 nitrogen and oxygen atoms in total. The van der Waals surface area contributed by atoms with E-state index in [4.69, 9.17) is 0 Å². The monoisotopic (exact) mass is 356 g/mol. The van der Waals surface area contributed by atoms with Crippen LogP contribution in [0, 0.1) is 0 Å². The Kier molecular flexibility index (Phi) is 26.0. The summed E-state index contributed by atoms with van der Waals surface area (Å²) in [6.45, 7) is 14.0. The van der Waals surface area contributed by atoms with Crippen molar-refractivity contribution in [2.24, 2.45) is 0 Å². The SMILES string of the molecule is C[CH2][Ge]([CH2]C)[CH2]C.C[CH2][Ge]([CH2]C)[CH2]C.P. The van der Waals surface area contributed by atoms with E-state index in [2.05, 4.69) is 41.5 Å². The fourth-order valence-corrected chi connectivity index (χ4v) is 7.79. The van der Waals surface area contributed by atoms with Crippen molar-refractivity contribution >= 4 is 38.6 Å². The quantitative estimate of drug-likeness (QED) is 0.458. The first-order valence-corrected chi connectivity index (χ1v) is 15.3. The molecular formula is C12H33Ge2P. The topological polar surface area (TPSA) is 0 Å². The van der Waals surface area contributed by atoms with Gasteiger partial charge in [0.15, 0.2) is 0 Å². The van der Waals surface area contributed by atoms with Crippen molar-refractivity contribution < 1.29 is 0 Å². The van der Waals surface area contributed by atoms with Crippen molar-refractivity contribution in [2.75, 3.05) is 0 Å². The van der Waals surface area contributed by atoms with E-state index in [1.165, 1.54) is 31.5 Å². The van der Waals surface area contributed by atoms with Crippen LogP contribution in [0.4, 0.5) is 0 Å². The van der Waals surface area contributed by atoms with Gasteiger partial charge in [-0.15, -0.1) is 0 Å². The third-order valence-electron chi connectivity index (χ3n) is 3.00. The Bertz CT molecular complexity index is 68.6. The normalized spacial score (nSPS) is 9.60. The van der Waals surface area contributed by atoms with Crippen LogP contribution >= 0.6 is 9.90 Å². The molecule has 0 aliphatic rings. The van der Waals surface area contributed by atoms with Gasteiger partial charge in [-0.05, 0) is 0 Å². The molecule has 0 N–H and O–H groups in total. The molecule has 0 aliphatic carbocycles. The first-order valence-electron chi connectivity index (χ1n) is 6.36. The van der Waals surface area contributed by atoms with E-state index >= 15 is 0 Å². The molecule has 0 rings (SSSR count). The predicted molar refractivity (Wildman–Crippen MR) is 85.5 cm³/mol. The summed E-state index contributed by atoms with van der Waals surface area (Å²) in [7, 11) is 0. The molecule has 0 saturated heterocycles. The van der Waals surface area contributed by atoms with E-state index in [0.717, 1.165) is 0 Å². The fraction of sp³-hybridized carbons (Fsp3) is 1.00. The molecular weight excluding hydrogens is 320 g/mol. The van der Waals surface area contributed by atoms with Gasteiger partial charge in [0.1, 0.15) is 0 Å². The van der Waals surface area contributed by atoms with E-state index in [-0.39, 0.29) is 9.90 Å². The van der Waals surface area contributed by atoms with Gasteiger partial charge < -0.3 is 0 Å². The Hall–Kier alpha value is 1.52. The summed E-state index contributed by atoms with van der Waals surface area (Å²) < 4.78 is 0. The second-order valence-electron chi connectivity index (χ2n) is 3.62. The third kappa shape index (κ3) is 15.5. The molecule has 0 aromatic carbocycles. The van der Waals surface area contributed by atoms with Gasteiger partial charge in [0, 0.05) is 0 Å². The van der Waals surface area contributed by atoms with Gasteiger partial charge in [0.25, 0.3) is 0 Å². The average molecular weight is 354 g/mol. The molecule has 0 spiro atoms. The molecule has 15 heavy (non-hydrogen) atoms. The van der Waals surface area contributed by atoms with Gasteiger partial charge in [0.05, 0.1) is 0 Å². The van der Waals surface area contributed by atoms with Crippen LogP contribution in [0.2, 0.25) is 31.5 Å². The molecule has 0 saturated carbocycles. The van der Waals surface area contributed by atoms with E-state index < -0.39 is 28.7 Å². The standard InChI is InChI=1S/2C6H15Ge.H3P/c2*1-4-7(5-2)6-3;/h2*4-6H2,1-3H3;1H3. The zero-order chi connectivity index (χ0) is 11.4. The van der Waals surface area contributed by atoms with Gasteiger partial charge in [-0.25, -0.2) is 0 Å². The second kappa shape index (κ2) is 17.9. The maximum Gasteiger partial charge on any atom is -0.153 e. The van der Waals surface area contributed by atoms with Crippen molar-refractivity contribution in [2.45, 2.75) is 73.1 Å². The first kappa shape index (κ1) is 21.8. The zero-order valence-electron chi connectivity index (χ0n) is 11.9. The van der Waals surface area contributed by atoms with Crippen molar-refractivity contribution in [3.8, 4) is 0 Å². The number of hydrogen-bond acceptors (Lipinski definition) is 0. The van der Waals surface area contributed by atoms with Crippen molar-refractivity contribution in [3.05, 3.63) is 0 Å². The zero-order valence-corrected chi connectivity index (χ0v) is 17.6. The molecule has 1 unspecified atom stereocenters. The molecule has 0 aromatic heterocycles. The summed E-state index contributed by atoms with van der Waals surface area (Å²) in [6, 6.07) is 0. The molecule has 2 radical (unpaired) electrons. The Labute approximate surface area is 111 Å². The van der Waals surface area contributed by atoms with E-state index in [9.17, 15) is 0 Å². The molecule has 0 fully saturated rings. The molecule has 0 bridgehead atoms. The number of hydrogen-bond donors (Lipinski definition) is 0. The van der Waals surface area contributed by atoms with Crippen molar-refractivity contribution in [1.29, 1.82) is 0 Å². The predicted octanol–water partition coefficient (Wildman–Crippen LogP) is 5.14. The Morgan fingerprint density at radius 1 is 0.467 bits per heavy atom. The minimum Gasteiger partial charge on any atom is -0.153 e. The molecule has 0 amide bonds. The molecule has 0 aliphatic heterocycles. The smallest absolute Gasteiger partial charge is 0.153 e. The van der Waals surface area contributed by atoms with Crippen LogP contribution in [0.1, 0.15) is 41.5 Å². The fourth-order valence-electron chi connectivity index (χ4n) is 1.50.